The molecule has 0 aliphatic heterocycles. The third-order valence-corrected chi connectivity index (χ3v) is 4.09. The minimum absolute atomic E-state index is 0.157. The molecule has 2 rings (SSSR count). The Hall–Kier alpha value is -2.62. The number of rotatable bonds is 6. The summed E-state index contributed by atoms with van der Waals surface area (Å²) < 4.78 is 0. The molecule has 0 heterocycles. The molecule has 0 aromatic heterocycles. The smallest absolute Gasteiger partial charge is 0.255 e. The van der Waals surface area contributed by atoms with E-state index in [2.05, 4.69) is 24.5 Å². The Kier molecular flexibility index (Phi) is 6.34. The summed E-state index contributed by atoms with van der Waals surface area (Å²) in [5.41, 5.74) is 3.95. The number of amides is 2. The molecule has 0 aliphatic carbocycles. The summed E-state index contributed by atoms with van der Waals surface area (Å²) in [5.74, 6) is -0.0574. The third kappa shape index (κ3) is 4.69. The number of hydrogen-bond acceptors (Lipinski definition) is 2. The van der Waals surface area contributed by atoms with E-state index in [1.807, 2.05) is 32.0 Å². The molecular weight excluding hydrogens is 312 g/mol. The van der Waals surface area contributed by atoms with Crippen molar-refractivity contribution in [3.8, 4) is 0 Å². The van der Waals surface area contributed by atoms with Crippen molar-refractivity contribution >= 4 is 17.5 Å². The number of aryl methyl sites for hydroxylation is 1. The summed E-state index contributed by atoms with van der Waals surface area (Å²) in [4.78, 5) is 24.8. The van der Waals surface area contributed by atoms with Crippen LogP contribution in [0.5, 0.6) is 0 Å². The van der Waals surface area contributed by atoms with Gasteiger partial charge < -0.3 is 10.6 Å². The molecule has 0 saturated heterocycles. The number of hydrogen-bond donors (Lipinski definition) is 2. The van der Waals surface area contributed by atoms with E-state index in [1.165, 1.54) is 0 Å². The monoisotopic (exact) mass is 338 g/mol. The maximum Gasteiger partial charge on any atom is 0.255 e. The zero-order valence-corrected chi connectivity index (χ0v) is 15.3. The average molecular weight is 338 g/mol. The van der Waals surface area contributed by atoms with Gasteiger partial charge in [-0.1, -0.05) is 45.0 Å². The Morgan fingerprint density at radius 2 is 1.64 bits per heavy atom. The molecule has 0 spiro atoms. The molecule has 2 aromatic carbocycles. The summed E-state index contributed by atoms with van der Waals surface area (Å²) in [7, 11) is 0. The van der Waals surface area contributed by atoms with Crippen molar-refractivity contribution in [3.63, 3.8) is 0 Å². The maximum absolute atomic E-state index is 12.7. The fraction of sp³-hybridized carbons (Fsp3) is 0.333. The van der Waals surface area contributed by atoms with E-state index in [9.17, 15) is 9.59 Å². The normalized spacial score (nSPS) is 10.6. The van der Waals surface area contributed by atoms with Gasteiger partial charge in [0.2, 0.25) is 0 Å². The van der Waals surface area contributed by atoms with E-state index in [1.54, 1.807) is 24.3 Å². The lowest BCUT2D eigenvalue weighted by Gasteiger charge is -2.16. The summed E-state index contributed by atoms with van der Waals surface area (Å²) in [6.07, 6.45) is 0.872. The number of carbonyl (C=O) groups excluding carboxylic acids is 2. The van der Waals surface area contributed by atoms with Crippen LogP contribution >= 0.6 is 0 Å². The zero-order chi connectivity index (χ0) is 18.4. The molecule has 0 radical (unpaired) electrons. The van der Waals surface area contributed by atoms with Crippen molar-refractivity contribution in [2.75, 3.05) is 11.9 Å². The molecule has 0 saturated carbocycles. The molecular formula is C21H26N2O2. The largest absolute Gasteiger partial charge is 0.352 e. The second-order valence-corrected chi connectivity index (χ2v) is 6.48. The quantitative estimate of drug-likeness (QED) is 0.814. The highest BCUT2D eigenvalue weighted by atomic mass is 16.2. The van der Waals surface area contributed by atoms with Crippen molar-refractivity contribution in [1.82, 2.24) is 5.32 Å². The Labute approximate surface area is 149 Å². The number of carbonyl (C=O) groups is 2. The van der Waals surface area contributed by atoms with Gasteiger partial charge in [-0.2, -0.15) is 0 Å². The van der Waals surface area contributed by atoms with Gasteiger partial charge in [-0.05, 0) is 48.6 Å². The first-order valence-electron chi connectivity index (χ1n) is 8.73. The standard InChI is InChI=1S/C21H26N2O2/c1-5-12-22-20(24)16-9-7-10-17(13-16)21(25)23-19-15(4)8-6-11-18(19)14(2)3/h6-11,13-14H,5,12H2,1-4H3,(H,22,24)(H,23,25). The molecule has 0 unspecified atom stereocenters. The first-order chi connectivity index (χ1) is 11.9. The van der Waals surface area contributed by atoms with Crippen LogP contribution < -0.4 is 10.6 Å². The highest BCUT2D eigenvalue weighted by Gasteiger charge is 2.14. The lowest BCUT2D eigenvalue weighted by Crippen LogP contribution is -2.24. The second-order valence-electron chi connectivity index (χ2n) is 6.48. The van der Waals surface area contributed by atoms with Crippen molar-refractivity contribution in [2.24, 2.45) is 0 Å². The number of nitrogens with one attached hydrogen (secondary N) is 2. The van der Waals surface area contributed by atoms with Gasteiger partial charge in [0.25, 0.3) is 11.8 Å². The maximum atomic E-state index is 12.7. The lowest BCUT2D eigenvalue weighted by molar-refractivity contribution is 0.0953. The zero-order valence-electron chi connectivity index (χ0n) is 15.3. The summed E-state index contributed by atoms with van der Waals surface area (Å²) >= 11 is 0. The minimum Gasteiger partial charge on any atom is -0.352 e. The molecule has 25 heavy (non-hydrogen) atoms. The van der Waals surface area contributed by atoms with Gasteiger partial charge in [-0.3, -0.25) is 9.59 Å². The molecule has 4 heteroatoms. The van der Waals surface area contributed by atoms with Crippen LogP contribution in [0.1, 0.15) is 65.0 Å². The van der Waals surface area contributed by atoms with Gasteiger partial charge in [0.1, 0.15) is 0 Å². The molecule has 2 amide bonds. The Morgan fingerprint density at radius 3 is 2.28 bits per heavy atom. The predicted molar refractivity (Wildman–Crippen MR) is 102 cm³/mol. The van der Waals surface area contributed by atoms with Crippen LogP contribution in [0.4, 0.5) is 5.69 Å². The van der Waals surface area contributed by atoms with Gasteiger partial charge in [0.15, 0.2) is 0 Å². The fourth-order valence-corrected chi connectivity index (χ4v) is 2.67. The first kappa shape index (κ1) is 18.7. The molecule has 132 valence electrons. The SMILES string of the molecule is CCCNC(=O)c1cccc(C(=O)Nc2c(C)cccc2C(C)C)c1. The predicted octanol–water partition coefficient (Wildman–Crippen LogP) is 4.51. The van der Waals surface area contributed by atoms with E-state index in [0.717, 1.165) is 23.2 Å². The van der Waals surface area contributed by atoms with E-state index >= 15 is 0 Å². The van der Waals surface area contributed by atoms with E-state index in [-0.39, 0.29) is 11.8 Å². The molecule has 0 atom stereocenters. The molecule has 0 bridgehead atoms. The van der Waals surface area contributed by atoms with Crippen LogP contribution in [0.15, 0.2) is 42.5 Å². The fourth-order valence-electron chi connectivity index (χ4n) is 2.67. The summed E-state index contributed by atoms with van der Waals surface area (Å²) in [6, 6.07) is 12.8. The van der Waals surface area contributed by atoms with Gasteiger partial charge in [0, 0.05) is 23.4 Å². The van der Waals surface area contributed by atoms with Gasteiger partial charge in [0.05, 0.1) is 0 Å². The highest BCUT2D eigenvalue weighted by Crippen LogP contribution is 2.27. The lowest BCUT2D eigenvalue weighted by atomic mass is 9.98. The molecule has 4 nitrogen and oxygen atoms in total. The van der Waals surface area contributed by atoms with Crippen LogP contribution in [-0.4, -0.2) is 18.4 Å². The van der Waals surface area contributed by atoms with Crippen LogP contribution in [0.25, 0.3) is 0 Å². The first-order valence-corrected chi connectivity index (χ1v) is 8.73. The Bertz CT molecular complexity index is 766. The van der Waals surface area contributed by atoms with E-state index in [0.29, 0.717) is 23.6 Å². The van der Waals surface area contributed by atoms with E-state index < -0.39 is 0 Å². The summed E-state index contributed by atoms with van der Waals surface area (Å²) in [5, 5.41) is 5.84. The molecule has 2 aromatic rings. The van der Waals surface area contributed by atoms with Crippen LogP contribution in [0.2, 0.25) is 0 Å². The molecule has 0 fully saturated rings. The highest BCUT2D eigenvalue weighted by molar-refractivity contribution is 6.06. The average Bonchev–Trinajstić information content (AvgIpc) is 2.61. The summed E-state index contributed by atoms with van der Waals surface area (Å²) in [6.45, 7) is 8.80. The van der Waals surface area contributed by atoms with Gasteiger partial charge >= 0.3 is 0 Å². The van der Waals surface area contributed by atoms with Crippen molar-refractivity contribution in [3.05, 3.63) is 64.7 Å². The van der Waals surface area contributed by atoms with Crippen LogP contribution in [0, 0.1) is 6.92 Å². The second kappa shape index (κ2) is 8.47. The van der Waals surface area contributed by atoms with Crippen molar-refractivity contribution in [1.29, 1.82) is 0 Å². The third-order valence-electron chi connectivity index (χ3n) is 4.09. The Morgan fingerprint density at radius 1 is 1.00 bits per heavy atom. The Balaban J connectivity index is 2.24. The number of benzene rings is 2. The van der Waals surface area contributed by atoms with Gasteiger partial charge in [-0.25, -0.2) is 0 Å². The molecule has 0 aliphatic rings. The van der Waals surface area contributed by atoms with E-state index in [4.69, 9.17) is 0 Å². The van der Waals surface area contributed by atoms with Crippen LogP contribution in [0.3, 0.4) is 0 Å². The van der Waals surface area contributed by atoms with Crippen LogP contribution in [-0.2, 0) is 0 Å². The topological polar surface area (TPSA) is 58.2 Å². The minimum atomic E-state index is -0.207. The van der Waals surface area contributed by atoms with Gasteiger partial charge in [-0.15, -0.1) is 0 Å². The number of anilines is 1. The molecule has 2 N–H and O–H groups in total. The van der Waals surface area contributed by atoms with Crippen molar-refractivity contribution < 1.29 is 9.59 Å². The number of para-hydroxylation sites is 1. The van der Waals surface area contributed by atoms with Crippen molar-refractivity contribution in [2.45, 2.75) is 40.0 Å².